The monoisotopic (exact) mass is 141 g/mol. The molecule has 4 heteroatoms. The van der Waals surface area contributed by atoms with Gasteiger partial charge in [-0.15, -0.1) is 0 Å². The van der Waals surface area contributed by atoms with Crippen molar-refractivity contribution >= 4 is 29.3 Å². The van der Waals surface area contributed by atoms with Crippen LogP contribution in [0, 0.1) is 0 Å². The average molecular weight is 141 g/mol. The van der Waals surface area contributed by atoms with Crippen LogP contribution in [-0.4, -0.2) is 13.4 Å². The van der Waals surface area contributed by atoms with Gasteiger partial charge in [0.15, 0.2) is 0 Å². The second-order valence-corrected chi connectivity index (χ2v) is 5.54. The van der Waals surface area contributed by atoms with Gasteiger partial charge in [0.25, 0.3) is 0 Å². The Morgan fingerprint density at radius 2 is 2.33 bits per heavy atom. The second kappa shape index (κ2) is 4.00. The molecule has 1 nitrogen and oxygen atoms in total. The first-order chi connectivity index (χ1) is 2.81. The smallest absolute Gasteiger partial charge is 0.162 e. The minimum atomic E-state index is -0.576. The van der Waals surface area contributed by atoms with Crippen LogP contribution in [0.3, 0.4) is 0 Å². The lowest BCUT2D eigenvalue weighted by molar-refractivity contribution is 0.484. The Bertz CT molecular complexity index is 49.5. The summed E-state index contributed by atoms with van der Waals surface area (Å²) in [5.74, 6) is 0. The van der Waals surface area contributed by atoms with Crippen LogP contribution in [0.2, 0.25) is 0 Å². The van der Waals surface area contributed by atoms with Gasteiger partial charge in [-0.25, -0.2) is 0 Å². The summed E-state index contributed by atoms with van der Waals surface area (Å²) in [4.78, 5) is 0. The summed E-state index contributed by atoms with van der Waals surface area (Å²) in [5, 5.41) is 0. The Morgan fingerprint density at radius 1 is 1.83 bits per heavy atom. The molecule has 1 atom stereocenters. The van der Waals surface area contributed by atoms with E-state index >= 15 is 0 Å². The number of hydrogen-bond acceptors (Lipinski definition) is 3. The molecule has 0 N–H and O–H groups in total. The van der Waals surface area contributed by atoms with Crippen molar-refractivity contribution in [3.8, 4) is 0 Å². The van der Waals surface area contributed by atoms with Crippen LogP contribution in [0.25, 0.3) is 0 Å². The molecule has 0 radical (unpaired) electrons. The van der Waals surface area contributed by atoms with Crippen molar-refractivity contribution in [1.82, 2.24) is 0 Å². The maximum atomic E-state index is 4.75. The summed E-state index contributed by atoms with van der Waals surface area (Å²) >= 11 is 6.33. The van der Waals surface area contributed by atoms with E-state index in [0.717, 1.165) is 0 Å². The van der Waals surface area contributed by atoms with Gasteiger partial charge in [-0.1, -0.05) is 0 Å². The Hall–Kier alpha value is 0.830. The van der Waals surface area contributed by atoms with Gasteiger partial charge in [-0.3, -0.25) is 0 Å². The van der Waals surface area contributed by atoms with Gasteiger partial charge in [-0.2, -0.15) is 4.52 Å². The molecule has 36 valence electrons. The summed E-state index contributed by atoms with van der Waals surface area (Å²) in [6.07, 6.45) is 1.37. The standard InChI is InChI=1S/C2H6OPS2/c1-3-4(5)6-2/h1-2H3/q+1. The first-order valence-corrected chi connectivity index (χ1v) is 5.47. The van der Waals surface area contributed by atoms with Crippen molar-refractivity contribution in [3.05, 3.63) is 0 Å². The second-order valence-electron chi connectivity index (χ2n) is 0.589. The van der Waals surface area contributed by atoms with Gasteiger partial charge >= 0.3 is 6.13 Å². The fourth-order valence-corrected chi connectivity index (χ4v) is 0.671. The van der Waals surface area contributed by atoms with Crippen LogP contribution in [0.5, 0.6) is 0 Å². The topological polar surface area (TPSA) is 9.23 Å². The van der Waals surface area contributed by atoms with Crippen LogP contribution >= 0.6 is 17.5 Å². The molecule has 0 aliphatic heterocycles. The van der Waals surface area contributed by atoms with E-state index in [-0.39, 0.29) is 0 Å². The fourth-order valence-electron chi connectivity index (χ4n) is 0.0745. The lowest BCUT2D eigenvalue weighted by Gasteiger charge is -1.69. The van der Waals surface area contributed by atoms with Crippen LogP contribution in [0.4, 0.5) is 0 Å². The van der Waals surface area contributed by atoms with E-state index in [0.29, 0.717) is 0 Å². The van der Waals surface area contributed by atoms with Crippen molar-refractivity contribution in [2.75, 3.05) is 13.4 Å². The molecule has 6 heavy (non-hydrogen) atoms. The molecule has 0 bridgehead atoms. The van der Waals surface area contributed by atoms with E-state index in [1.165, 1.54) is 0 Å². The summed E-state index contributed by atoms with van der Waals surface area (Å²) < 4.78 is 4.74. The van der Waals surface area contributed by atoms with Crippen molar-refractivity contribution in [1.29, 1.82) is 0 Å². The van der Waals surface area contributed by atoms with Crippen molar-refractivity contribution < 1.29 is 4.52 Å². The minimum absolute atomic E-state index is 0.576. The average Bonchev–Trinajstić information content (AvgIpc) is 1.65. The summed E-state index contributed by atoms with van der Waals surface area (Å²) in [6.45, 7) is 0. The zero-order valence-corrected chi connectivity index (χ0v) is 6.20. The molecular weight excluding hydrogens is 135 g/mol. The van der Waals surface area contributed by atoms with Gasteiger partial charge in [0.05, 0.1) is 7.11 Å². The van der Waals surface area contributed by atoms with E-state index in [1.54, 1.807) is 18.5 Å². The maximum Gasteiger partial charge on any atom is 0.413 e. The van der Waals surface area contributed by atoms with E-state index in [9.17, 15) is 0 Å². The van der Waals surface area contributed by atoms with Crippen LogP contribution in [0.15, 0.2) is 0 Å². The highest BCUT2D eigenvalue weighted by Crippen LogP contribution is 2.34. The Balaban J connectivity index is 2.99. The largest absolute Gasteiger partial charge is 0.413 e. The van der Waals surface area contributed by atoms with Crippen molar-refractivity contribution in [3.63, 3.8) is 0 Å². The lowest BCUT2D eigenvalue weighted by atomic mass is 11.8. The third-order valence-corrected chi connectivity index (χ3v) is 4.02. The lowest BCUT2D eigenvalue weighted by Crippen LogP contribution is -1.54. The van der Waals surface area contributed by atoms with Crippen molar-refractivity contribution in [2.45, 2.75) is 0 Å². The predicted molar refractivity (Wildman–Crippen MR) is 34.8 cm³/mol. The van der Waals surface area contributed by atoms with Crippen LogP contribution in [0.1, 0.15) is 0 Å². The molecule has 0 amide bonds. The molecule has 0 aliphatic rings. The minimum Gasteiger partial charge on any atom is -0.162 e. The van der Waals surface area contributed by atoms with Gasteiger partial charge in [0.2, 0.25) is 11.8 Å². The highest BCUT2D eigenvalue weighted by atomic mass is 32.9. The summed E-state index contributed by atoms with van der Waals surface area (Å²) in [6, 6.07) is 0. The first-order valence-electron chi connectivity index (χ1n) is 1.36. The van der Waals surface area contributed by atoms with Crippen LogP contribution in [-0.2, 0) is 16.3 Å². The number of rotatable bonds is 2. The van der Waals surface area contributed by atoms with Gasteiger partial charge in [0, 0.05) is 6.26 Å². The fraction of sp³-hybridized carbons (Fsp3) is 1.00. The molecule has 0 aromatic carbocycles. The quantitative estimate of drug-likeness (QED) is 0.542. The maximum absolute atomic E-state index is 4.75. The predicted octanol–water partition coefficient (Wildman–Crippen LogP) is 1.77. The summed E-state index contributed by atoms with van der Waals surface area (Å²) in [7, 11) is 1.63. The highest BCUT2D eigenvalue weighted by Gasteiger charge is 2.02. The Morgan fingerprint density at radius 3 is 2.33 bits per heavy atom. The molecule has 0 aliphatic carbocycles. The van der Waals surface area contributed by atoms with E-state index < -0.39 is 6.13 Å². The first kappa shape index (κ1) is 6.83. The summed E-state index contributed by atoms with van der Waals surface area (Å²) in [5.41, 5.74) is 0. The van der Waals surface area contributed by atoms with E-state index in [2.05, 4.69) is 0 Å². The molecule has 1 unspecified atom stereocenters. The highest BCUT2D eigenvalue weighted by molar-refractivity contribution is 8.62. The Labute approximate surface area is 47.7 Å². The molecule has 0 saturated heterocycles. The molecule has 0 spiro atoms. The molecular formula is C2H6OPS2+. The molecule has 0 saturated carbocycles. The number of hydrogen-bond donors (Lipinski definition) is 0. The van der Waals surface area contributed by atoms with Gasteiger partial charge in [-0.05, 0) is 0 Å². The van der Waals surface area contributed by atoms with Gasteiger partial charge in [0.1, 0.15) is 11.4 Å². The van der Waals surface area contributed by atoms with Crippen molar-refractivity contribution in [2.24, 2.45) is 0 Å². The van der Waals surface area contributed by atoms with Crippen LogP contribution < -0.4 is 0 Å². The third kappa shape index (κ3) is 3.04. The zero-order valence-electron chi connectivity index (χ0n) is 3.67. The Kier molecular flexibility index (Phi) is 4.56. The molecule has 0 rings (SSSR count). The SMILES string of the molecule is CO[P+](=S)SC. The van der Waals surface area contributed by atoms with Gasteiger partial charge < -0.3 is 0 Å². The van der Waals surface area contributed by atoms with E-state index in [1.807, 2.05) is 6.26 Å². The normalized spacial score (nSPS) is 11.3. The molecule has 0 heterocycles. The molecule has 0 aromatic rings. The zero-order chi connectivity index (χ0) is 4.99. The third-order valence-electron chi connectivity index (χ3n) is 0.298. The van der Waals surface area contributed by atoms with E-state index in [4.69, 9.17) is 16.3 Å². The molecule has 0 aromatic heterocycles. The molecule has 0 fully saturated rings.